The molecule has 0 aromatic heterocycles. The fourth-order valence-electron chi connectivity index (χ4n) is 1.25. The van der Waals surface area contributed by atoms with Gasteiger partial charge in [0.25, 0.3) is 0 Å². The van der Waals surface area contributed by atoms with Gasteiger partial charge in [0.15, 0.2) is 11.6 Å². The first-order valence-electron chi connectivity index (χ1n) is 5.07. The summed E-state index contributed by atoms with van der Waals surface area (Å²) in [6.07, 6.45) is 1.16. The van der Waals surface area contributed by atoms with Crippen molar-refractivity contribution < 1.29 is 18.7 Å². The van der Waals surface area contributed by atoms with Crippen LogP contribution in [0.15, 0.2) is 18.2 Å². The summed E-state index contributed by atoms with van der Waals surface area (Å²) >= 11 is 0. The van der Waals surface area contributed by atoms with E-state index in [9.17, 15) is 9.18 Å². The van der Waals surface area contributed by atoms with Gasteiger partial charge in [-0.25, -0.2) is 4.39 Å². The van der Waals surface area contributed by atoms with E-state index in [1.807, 2.05) is 6.92 Å². The molecular formula is C12H15FO3. The average Bonchev–Trinajstić information content (AvgIpc) is 2.29. The number of rotatable bonds is 6. The van der Waals surface area contributed by atoms with Gasteiger partial charge in [0.1, 0.15) is 6.29 Å². The topological polar surface area (TPSA) is 35.5 Å². The lowest BCUT2D eigenvalue weighted by Crippen LogP contribution is -2.15. The van der Waals surface area contributed by atoms with Gasteiger partial charge >= 0.3 is 0 Å². The Morgan fingerprint density at radius 3 is 2.81 bits per heavy atom. The van der Waals surface area contributed by atoms with Crippen LogP contribution in [0.4, 0.5) is 4.39 Å². The van der Waals surface area contributed by atoms with Crippen molar-refractivity contribution in [1.29, 1.82) is 0 Å². The van der Waals surface area contributed by atoms with E-state index in [2.05, 4.69) is 0 Å². The van der Waals surface area contributed by atoms with Gasteiger partial charge in [0.2, 0.25) is 0 Å². The summed E-state index contributed by atoms with van der Waals surface area (Å²) in [6.45, 7) is 2.40. The first-order chi connectivity index (χ1) is 7.67. The van der Waals surface area contributed by atoms with Gasteiger partial charge in [0.05, 0.1) is 6.10 Å². The van der Waals surface area contributed by atoms with E-state index in [1.165, 1.54) is 12.1 Å². The molecule has 1 unspecified atom stereocenters. The number of halogens is 1. The number of methoxy groups -OCH3 is 1. The molecule has 0 spiro atoms. The fraction of sp³-hybridized carbons (Fsp3) is 0.417. The molecule has 0 aliphatic carbocycles. The monoisotopic (exact) mass is 226 g/mol. The van der Waals surface area contributed by atoms with E-state index in [0.29, 0.717) is 24.9 Å². The Balaban J connectivity index is 2.63. The molecule has 0 heterocycles. The normalized spacial score (nSPS) is 12.2. The van der Waals surface area contributed by atoms with Crippen LogP contribution < -0.4 is 4.74 Å². The van der Waals surface area contributed by atoms with E-state index in [4.69, 9.17) is 9.47 Å². The van der Waals surface area contributed by atoms with Crippen molar-refractivity contribution in [3.63, 3.8) is 0 Å². The Kier molecular flexibility index (Phi) is 4.92. The summed E-state index contributed by atoms with van der Waals surface area (Å²) < 4.78 is 23.7. The molecule has 1 rings (SSSR count). The molecule has 1 aromatic rings. The van der Waals surface area contributed by atoms with Crippen molar-refractivity contribution in [3.05, 3.63) is 29.6 Å². The largest absolute Gasteiger partial charge is 0.488 e. The van der Waals surface area contributed by atoms with Crippen LogP contribution in [-0.4, -0.2) is 26.1 Å². The van der Waals surface area contributed by atoms with Gasteiger partial charge in [-0.3, -0.25) is 4.79 Å². The summed E-state index contributed by atoms with van der Waals surface area (Å²) in [7, 11) is 1.60. The van der Waals surface area contributed by atoms with Crippen LogP contribution in [0, 0.1) is 5.82 Å². The predicted molar refractivity (Wildman–Crippen MR) is 58.4 cm³/mol. The van der Waals surface area contributed by atoms with Crippen LogP contribution in [0.25, 0.3) is 0 Å². The maximum absolute atomic E-state index is 13.4. The molecule has 3 nitrogen and oxygen atoms in total. The molecule has 0 bridgehead atoms. The third kappa shape index (κ3) is 3.62. The Morgan fingerprint density at radius 2 is 2.25 bits per heavy atom. The second-order valence-corrected chi connectivity index (χ2v) is 3.52. The summed E-state index contributed by atoms with van der Waals surface area (Å²) in [5, 5.41) is 0. The van der Waals surface area contributed by atoms with Crippen LogP contribution in [0.1, 0.15) is 23.7 Å². The van der Waals surface area contributed by atoms with Crippen LogP contribution >= 0.6 is 0 Å². The molecule has 0 saturated carbocycles. The maximum atomic E-state index is 13.4. The van der Waals surface area contributed by atoms with Gasteiger partial charge in [-0.15, -0.1) is 0 Å². The number of carbonyl (C=O) groups is 1. The Labute approximate surface area is 94.2 Å². The molecule has 88 valence electrons. The van der Waals surface area contributed by atoms with Crippen molar-refractivity contribution in [2.45, 2.75) is 19.4 Å². The van der Waals surface area contributed by atoms with E-state index < -0.39 is 5.82 Å². The highest BCUT2D eigenvalue weighted by Crippen LogP contribution is 2.19. The van der Waals surface area contributed by atoms with Crippen LogP contribution in [0.5, 0.6) is 5.75 Å². The number of hydrogen-bond acceptors (Lipinski definition) is 3. The molecule has 0 aliphatic heterocycles. The average molecular weight is 226 g/mol. The summed E-state index contributed by atoms with van der Waals surface area (Å²) in [6, 6.07) is 4.14. The van der Waals surface area contributed by atoms with Crippen molar-refractivity contribution in [3.8, 4) is 5.75 Å². The minimum Gasteiger partial charge on any atom is -0.488 e. The van der Waals surface area contributed by atoms with Gasteiger partial charge < -0.3 is 9.47 Å². The standard InChI is InChI=1S/C12H15FO3/c1-9(5-6-15-2)16-12-4-3-10(8-14)7-11(12)13/h3-4,7-9H,5-6H2,1-2H3. The summed E-state index contributed by atoms with van der Waals surface area (Å²) in [5.74, 6) is -0.358. The molecule has 0 amide bonds. The minimum absolute atomic E-state index is 0.128. The molecule has 1 aromatic carbocycles. The highest BCUT2D eigenvalue weighted by molar-refractivity contribution is 5.74. The number of aldehydes is 1. The second kappa shape index (κ2) is 6.23. The zero-order chi connectivity index (χ0) is 12.0. The Bertz CT molecular complexity index is 352. The number of hydrogen-bond donors (Lipinski definition) is 0. The quantitative estimate of drug-likeness (QED) is 0.699. The van der Waals surface area contributed by atoms with Gasteiger partial charge in [-0.05, 0) is 25.1 Å². The van der Waals surface area contributed by atoms with Crippen molar-refractivity contribution in [2.24, 2.45) is 0 Å². The molecular weight excluding hydrogens is 211 g/mol. The molecule has 0 saturated heterocycles. The van der Waals surface area contributed by atoms with Crippen LogP contribution in [-0.2, 0) is 4.74 Å². The van der Waals surface area contributed by atoms with Crippen molar-refractivity contribution >= 4 is 6.29 Å². The Morgan fingerprint density at radius 1 is 1.50 bits per heavy atom. The molecule has 0 fully saturated rings. The Hall–Kier alpha value is -1.42. The molecule has 0 aliphatic rings. The zero-order valence-corrected chi connectivity index (χ0v) is 9.40. The predicted octanol–water partition coefficient (Wildman–Crippen LogP) is 2.44. The molecule has 4 heteroatoms. The van der Waals surface area contributed by atoms with Gasteiger partial charge in [-0.1, -0.05) is 0 Å². The second-order valence-electron chi connectivity index (χ2n) is 3.52. The lowest BCUT2D eigenvalue weighted by Gasteiger charge is -2.14. The summed E-state index contributed by atoms with van der Waals surface area (Å²) in [5.41, 5.74) is 0.300. The highest BCUT2D eigenvalue weighted by atomic mass is 19.1. The minimum atomic E-state index is -0.520. The molecule has 0 N–H and O–H groups in total. The third-order valence-electron chi connectivity index (χ3n) is 2.15. The number of carbonyl (C=O) groups excluding carboxylic acids is 1. The number of benzene rings is 1. The number of ether oxygens (including phenoxy) is 2. The smallest absolute Gasteiger partial charge is 0.165 e. The van der Waals surface area contributed by atoms with E-state index in [-0.39, 0.29) is 11.9 Å². The SMILES string of the molecule is COCCC(C)Oc1ccc(C=O)cc1F. The molecule has 1 atom stereocenters. The van der Waals surface area contributed by atoms with Crippen LogP contribution in [0.2, 0.25) is 0 Å². The van der Waals surface area contributed by atoms with Crippen LogP contribution in [0.3, 0.4) is 0 Å². The zero-order valence-electron chi connectivity index (χ0n) is 9.40. The lowest BCUT2D eigenvalue weighted by molar-refractivity contribution is 0.112. The van der Waals surface area contributed by atoms with E-state index in [1.54, 1.807) is 7.11 Å². The fourth-order valence-corrected chi connectivity index (χ4v) is 1.25. The maximum Gasteiger partial charge on any atom is 0.165 e. The van der Waals surface area contributed by atoms with Crippen molar-refractivity contribution in [1.82, 2.24) is 0 Å². The molecule has 16 heavy (non-hydrogen) atoms. The van der Waals surface area contributed by atoms with Crippen molar-refractivity contribution in [2.75, 3.05) is 13.7 Å². The first kappa shape index (κ1) is 12.6. The highest BCUT2D eigenvalue weighted by Gasteiger charge is 2.08. The lowest BCUT2D eigenvalue weighted by atomic mass is 10.2. The van der Waals surface area contributed by atoms with E-state index >= 15 is 0 Å². The third-order valence-corrected chi connectivity index (χ3v) is 2.15. The van der Waals surface area contributed by atoms with Gasteiger partial charge in [0, 0.05) is 25.7 Å². The molecule has 0 radical (unpaired) electrons. The summed E-state index contributed by atoms with van der Waals surface area (Å²) in [4.78, 5) is 10.4. The first-order valence-corrected chi connectivity index (χ1v) is 5.07. The van der Waals surface area contributed by atoms with E-state index in [0.717, 1.165) is 6.07 Å². The van der Waals surface area contributed by atoms with Gasteiger partial charge in [-0.2, -0.15) is 0 Å².